The molecule has 46 heavy (non-hydrogen) atoms. The number of aliphatic hydroxyl groups excluding tert-OH is 1. The zero-order chi connectivity index (χ0) is 33.1. The van der Waals surface area contributed by atoms with Gasteiger partial charge >= 0.3 is 0 Å². The lowest BCUT2D eigenvalue weighted by Crippen LogP contribution is -2.62. The number of carbonyl (C=O) groups excluding carboxylic acids is 3. The van der Waals surface area contributed by atoms with Gasteiger partial charge < -0.3 is 24.5 Å². The third kappa shape index (κ3) is 5.29. The van der Waals surface area contributed by atoms with Crippen molar-refractivity contribution >= 4 is 23.4 Å². The van der Waals surface area contributed by atoms with Gasteiger partial charge in [0.2, 0.25) is 17.7 Å². The molecule has 6 atom stereocenters. The molecule has 4 aliphatic heterocycles. The Morgan fingerprint density at radius 1 is 0.848 bits per heavy atom. The molecule has 0 radical (unpaired) electrons. The van der Waals surface area contributed by atoms with Crippen molar-refractivity contribution in [3.63, 3.8) is 0 Å². The Bertz CT molecular complexity index is 1550. The van der Waals surface area contributed by atoms with Crippen LogP contribution in [0.3, 0.4) is 0 Å². The molecule has 4 heterocycles. The molecule has 2 saturated heterocycles. The zero-order valence-corrected chi connectivity index (χ0v) is 27.8. The van der Waals surface area contributed by atoms with E-state index in [1.807, 2.05) is 96.8 Å². The molecule has 0 saturated carbocycles. The third-order valence-corrected chi connectivity index (χ3v) is 10.2. The van der Waals surface area contributed by atoms with E-state index in [1.165, 1.54) is 0 Å². The van der Waals surface area contributed by atoms with Gasteiger partial charge in [-0.3, -0.25) is 14.4 Å². The summed E-state index contributed by atoms with van der Waals surface area (Å²) >= 11 is 0. The summed E-state index contributed by atoms with van der Waals surface area (Å²) in [5.74, 6) is -2.61. The van der Waals surface area contributed by atoms with E-state index in [0.29, 0.717) is 19.5 Å². The van der Waals surface area contributed by atoms with Gasteiger partial charge in [0.05, 0.1) is 30.1 Å². The van der Waals surface area contributed by atoms with Crippen molar-refractivity contribution in [2.24, 2.45) is 17.3 Å². The van der Waals surface area contributed by atoms with E-state index in [2.05, 4.69) is 34.6 Å². The fraction of sp³-hybridized carbons (Fsp3) is 0.500. The van der Waals surface area contributed by atoms with Crippen molar-refractivity contribution in [2.45, 2.75) is 83.2 Å². The van der Waals surface area contributed by atoms with Crippen LogP contribution in [0.2, 0.25) is 0 Å². The molecule has 6 rings (SSSR count). The molecule has 2 aromatic rings. The second-order valence-corrected chi connectivity index (χ2v) is 15.4. The van der Waals surface area contributed by atoms with Gasteiger partial charge in [-0.2, -0.15) is 0 Å². The van der Waals surface area contributed by atoms with E-state index >= 15 is 9.59 Å². The van der Waals surface area contributed by atoms with Crippen LogP contribution >= 0.6 is 0 Å². The molecule has 1 N–H and O–H groups in total. The van der Waals surface area contributed by atoms with Gasteiger partial charge in [-0.1, -0.05) is 93.6 Å². The van der Waals surface area contributed by atoms with Gasteiger partial charge in [0.15, 0.2) is 0 Å². The molecular formula is C38H47N3O5. The van der Waals surface area contributed by atoms with Crippen LogP contribution in [0.5, 0.6) is 0 Å². The van der Waals surface area contributed by atoms with Crippen molar-refractivity contribution in [3.8, 4) is 0 Å². The predicted molar refractivity (Wildman–Crippen MR) is 178 cm³/mol. The standard InChI is InChI=1S/C38H47N3O5/c1-35(2,3)25-36(4,5)40-22-14-20-38-30(29-32(43)39(27-17-11-8-12-18-27)21-13-19-37(29,6)46-38)33(44)41(31(38)34(40)45)28(24-42)23-26-15-9-7-10-16-26/h7-20,28-31,42H,21-25H2,1-6H3/t28-,29+,30+,31?,37-,38+/m1/s1. The van der Waals surface area contributed by atoms with E-state index < -0.39 is 40.7 Å². The number of fused-ring (bicyclic) bond motifs is 2. The highest BCUT2D eigenvalue weighted by molar-refractivity contribution is 6.04. The summed E-state index contributed by atoms with van der Waals surface area (Å²) in [6.07, 6.45) is 8.74. The first-order valence-electron chi connectivity index (χ1n) is 16.4. The normalized spacial score (nSPS) is 30.2. The smallest absolute Gasteiger partial charge is 0.249 e. The summed E-state index contributed by atoms with van der Waals surface area (Å²) in [6.45, 7) is 12.8. The summed E-state index contributed by atoms with van der Waals surface area (Å²) in [4.78, 5) is 49.9. The summed E-state index contributed by atoms with van der Waals surface area (Å²) in [6, 6.07) is 17.4. The number of para-hydroxylation sites is 1. The number of rotatable bonds is 7. The van der Waals surface area contributed by atoms with Gasteiger partial charge in [-0.15, -0.1) is 0 Å². The van der Waals surface area contributed by atoms with Gasteiger partial charge in [0.1, 0.15) is 11.6 Å². The van der Waals surface area contributed by atoms with Gasteiger partial charge in [0, 0.05) is 24.3 Å². The maximum Gasteiger partial charge on any atom is 0.249 e. The maximum atomic E-state index is 15.1. The highest BCUT2D eigenvalue weighted by Crippen LogP contribution is 2.58. The number of aliphatic hydroxyl groups is 1. The Hall–Kier alpha value is -3.75. The fourth-order valence-corrected chi connectivity index (χ4v) is 8.77. The van der Waals surface area contributed by atoms with E-state index in [1.54, 1.807) is 9.80 Å². The lowest BCUT2D eigenvalue weighted by molar-refractivity contribution is -0.158. The van der Waals surface area contributed by atoms with Gasteiger partial charge in [-0.25, -0.2) is 0 Å². The van der Waals surface area contributed by atoms with Crippen LogP contribution in [0, 0.1) is 17.3 Å². The van der Waals surface area contributed by atoms with E-state index in [9.17, 15) is 9.90 Å². The molecule has 8 nitrogen and oxygen atoms in total. The van der Waals surface area contributed by atoms with E-state index in [4.69, 9.17) is 4.74 Å². The maximum absolute atomic E-state index is 15.1. The van der Waals surface area contributed by atoms with Gasteiger partial charge in [-0.05, 0) is 56.7 Å². The van der Waals surface area contributed by atoms with E-state index in [-0.39, 0.29) is 29.7 Å². The van der Waals surface area contributed by atoms with Crippen LogP contribution in [0.25, 0.3) is 0 Å². The number of benzene rings is 2. The van der Waals surface area contributed by atoms with E-state index in [0.717, 1.165) is 17.7 Å². The number of amides is 3. The number of carbonyl (C=O) groups is 3. The summed E-state index contributed by atoms with van der Waals surface area (Å²) in [7, 11) is 0. The third-order valence-electron chi connectivity index (χ3n) is 10.2. The minimum Gasteiger partial charge on any atom is -0.394 e. The predicted octanol–water partition coefficient (Wildman–Crippen LogP) is 4.78. The first kappa shape index (κ1) is 32.2. The van der Waals surface area contributed by atoms with Crippen molar-refractivity contribution < 1.29 is 24.2 Å². The van der Waals surface area contributed by atoms with Crippen molar-refractivity contribution in [3.05, 3.63) is 90.5 Å². The molecule has 3 amide bonds. The topological polar surface area (TPSA) is 90.4 Å². The molecular weight excluding hydrogens is 578 g/mol. The molecule has 1 unspecified atom stereocenters. The molecule has 4 aliphatic rings. The Morgan fingerprint density at radius 2 is 1.48 bits per heavy atom. The summed E-state index contributed by atoms with van der Waals surface area (Å²) < 4.78 is 7.05. The minimum atomic E-state index is -1.40. The lowest BCUT2D eigenvalue weighted by atomic mass is 9.74. The monoisotopic (exact) mass is 625 g/mol. The minimum absolute atomic E-state index is 0.0607. The number of likely N-dealkylation sites (tertiary alicyclic amines) is 1. The number of hydrogen-bond acceptors (Lipinski definition) is 5. The highest BCUT2D eigenvalue weighted by atomic mass is 16.5. The Morgan fingerprint density at radius 3 is 2.11 bits per heavy atom. The summed E-state index contributed by atoms with van der Waals surface area (Å²) in [5.41, 5.74) is -1.45. The Balaban J connectivity index is 1.49. The van der Waals surface area contributed by atoms with Crippen molar-refractivity contribution in [1.82, 2.24) is 9.80 Å². The largest absolute Gasteiger partial charge is 0.394 e. The van der Waals surface area contributed by atoms with Crippen LogP contribution in [0.4, 0.5) is 5.69 Å². The number of ether oxygens (including phenoxy) is 1. The molecule has 0 bridgehead atoms. The average Bonchev–Trinajstić information content (AvgIpc) is 3.26. The molecule has 244 valence electrons. The first-order chi connectivity index (χ1) is 21.7. The first-order valence-corrected chi connectivity index (χ1v) is 16.4. The molecule has 2 aromatic carbocycles. The molecule has 2 fully saturated rings. The second-order valence-electron chi connectivity index (χ2n) is 15.4. The quantitative estimate of drug-likeness (QED) is 0.448. The summed E-state index contributed by atoms with van der Waals surface area (Å²) in [5, 5.41) is 10.9. The average molecular weight is 626 g/mol. The van der Waals surface area contributed by atoms with Crippen molar-refractivity contribution in [1.29, 1.82) is 0 Å². The molecule has 0 aromatic heterocycles. The second kappa shape index (κ2) is 11.5. The molecule has 1 spiro atoms. The van der Waals surface area contributed by atoms with Crippen LogP contribution in [0.1, 0.15) is 53.5 Å². The number of nitrogens with zero attached hydrogens (tertiary/aromatic N) is 3. The van der Waals surface area contributed by atoms with Crippen molar-refractivity contribution in [2.75, 3.05) is 24.6 Å². The fourth-order valence-electron chi connectivity index (χ4n) is 8.77. The van der Waals surface area contributed by atoms with Crippen LogP contribution in [0.15, 0.2) is 85.0 Å². The van der Waals surface area contributed by atoms with Crippen LogP contribution in [-0.4, -0.2) is 81.1 Å². The number of hydrogen-bond donors (Lipinski definition) is 1. The Kier molecular flexibility index (Phi) is 8.05. The van der Waals surface area contributed by atoms with Crippen LogP contribution < -0.4 is 4.90 Å². The van der Waals surface area contributed by atoms with Crippen LogP contribution in [-0.2, 0) is 25.5 Å². The molecule has 0 aliphatic carbocycles. The SMILES string of the molecule is CC(C)(C)CC(C)(C)N1CC=C[C@]23O[C@]4(C)C=CCN(c5ccccc5)C(=O)[C@@H]4[C@H]2C(=O)N([C@@H](CO)Cc2ccccc2)C3C1=O. The molecule has 8 heteroatoms. The lowest BCUT2D eigenvalue weighted by Gasteiger charge is -2.45. The zero-order valence-electron chi connectivity index (χ0n) is 27.8. The van der Waals surface area contributed by atoms with Gasteiger partial charge in [0.25, 0.3) is 0 Å². The Labute approximate surface area is 272 Å². The number of anilines is 1. The highest BCUT2D eigenvalue weighted by Gasteiger charge is 2.75.